The molecule has 20 heteroatoms. The zero-order valence-electron chi connectivity index (χ0n) is 28.2. The molecule has 6 N–H and O–H groups in total. The molecular weight excluding hydrogens is 836 g/mol. The van der Waals surface area contributed by atoms with Gasteiger partial charge in [-0.25, -0.2) is 23.6 Å². The maximum absolute atomic E-state index is 14.6. The van der Waals surface area contributed by atoms with Gasteiger partial charge in [0.05, 0.1) is 52.9 Å². The van der Waals surface area contributed by atoms with Crippen LogP contribution in [0.3, 0.4) is 0 Å². The molecule has 0 aliphatic rings. The summed E-state index contributed by atoms with van der Waals surface area (Å²) in [6, 6.07) is 10.7. The fourth-order valence-corrected chi connectivity index (χ4v) is 5.82. The molecule has 1 heterocycles. The molecule has 0 bridgehead atoms. The Morgan fingerprint density at radius 2 is 1.66 bits per heavy atom. The van der Waals surface area contributed by atoms with Gasteiger partial charge in [-0.2, -0.15) is 0 Å². The molecule has 0 radical (unpaired) electrons. The van der Waals surface area contributed by atoms with Crippen molar-refractivity contribution < 1.29 is 42.1 Å². The van der Waals surface area contributed by atoms with E-state index in [4.69, 9.17) is 9.57 Å². The van der Waals surface area contributed by atoms with Gasteiger partial charge in [-0.1, -0.05) is 0 Å². The molecule has 0 atom stereocenters. The molecule has 3 aromatic carbocycles. The van der Waals surface area contributed by atoms with Crippen molar-refractivity contribution in [1.82, 2.24) is 15.8 Å². The van der Waals surface area contributed by atoms with E-state index in [0.717, 1.165) is 23.5 Å². The second-order valence-corrected chi connectivity index (χ2v) is 13.2. The molecule has 0 aliphatic heterocycles. The highest BCUT2D eigenvalue weighted by molar-refractivity contribution is 14.1. The molecule has 0 aliphatic carbocycles. The van der Waals surface area contributed by atoms with Gasteiger partial charge in [0.25, 0.3) is 11.8 Å². The van der Waals surface area contributed by atoms with E-state index in [9.17, 15) is 37.7 Å². The summed E-state index contributed by atoms with van der Waals surface area (Å²) in [5, 5.41) is 24.9. The Hall–Kier alpha value is -4.90. The standard InChI is InChI=1S/C33H34F3IN8O7S/c1-18-32(45(49)50)53-33(40-18)43-30(47)22-6-5-21(17-27(22)41-19(2)46)39-12-15-51-14-11-38-10-3-13-52-44-31(48)23-7-8-24(34)28(36)29(23)42-26-9-4-20(37)16-25(26)35/h4-9,16-17,38-39,42H,3,10-15H2,1-2H3,(H,41,46)(H,44,48)(H,40,43,47). The Labute approximate surface area is 318 Å². The summed E-state index contributed by atoms with van der Waals surface area (Å²) in [6.07, 6.45) is 0.493. The number of hydroxylamine groups is 1. The average molecular weight is 871 g/mol. The molecule has 0 spiro atoms. The second kappa shape index (κ2) is 19.8. The summed E-state index contributed by atoms with van der Waals surface area (Å²) in [5.74, 6) is -5.11. The quantitative estimate of drug-likeness (QED) is 0.0276. The topological polar surface area (TPSA) is 198 Å². The van der Waals surface area contributed by atoms with Gasteiger partial charge in [-0.05, 0) is 102 Å². The van der Waals surface area contributed by atoms with E-state index in [1.54, 1.807) is 18.2 Å². The molecule has 0 unspecified atom stereocenters. The summed E-state index contributed by atoms with van der Waals surface area (Å²) >= 11 is 2.64. The van der Waals surface area contributed by atoms with Crippen LogP contribution in [0.2, 0.25) is 0 Å². The van der Waals surface area contributed by atoms with Crippen LogP contribution < -0.4 is 32.1 Å². The number of ether oxygens (including phenoxy) is 1. The number of hydrogen-bond donors (Lipinski definition) is 6. The van der Waals surface area contributed by atoms with Crippen LogP contribution >= 0.6 is 33.9 Å². The van der Waals surface area contributed by atoms with Gasteiger partial charge in [0.15, 0.2) is 16.8 Å². The van der Waals surface area contributed by atoms with E-state index in [1.807, 2.05) is 22.6 Å². The number of rotatable bonds is 19. The van der Waals surface area contributed by atoms with Crippen molar-refractivity contribution in [2.75, 3.05) is 60.7 Å². The van der Waals surface area contributed by atoms with Gasteiger partial charge in [0, 0.05) is 29.3 Å². The Bertz CT molecular complexity index is 1970. The molecule has 4 aromatic rings. The van der Waals surface area contributed by atoms with Crippen molar-refractivity contribution in [2.24, 2.45) is 0 Å². The van der Waals surface area contributed by atoms with Crippen LogP contribution in [0.25, 0.3) is 0 Å². The first-order chi connectivity index (χ1) is 25.3. The van der Waals surface area contributed by atoms with Crippen LogP contribution in [0.15, 0.2) is 48.5 Å². The van der Waals surface area contributed by atoms with Gasteiger partial charge >= 0.3 is 5.00 Å². The number of benzene rings is 3. The highest BCUT2D eigenvalue weighted by Gasteiger charge is 2.22. The minimum Gasteiger partial charge on any atom is -0.383 e. The summed E-state index contributed by atoms with van der Waals surface area (Å²) < 4.78 is 49.0. The monoisotopic (exact) mass is 870 g/mol. The Morgan fingerprint density at radius 3 is 2.38 bits per heavy atom. The number of thiazole rings is 1. The van der Waals surface area contributed by atoms with Gasteiger partial charge in [-0.3, -0.25) is 34.7 Å². The first-order valence-corrected chi connectivity index (χ1v) is 17.7. The van der Waals surface area contributed by atoms with Crippen LogP contribution in [-0.4, -0.2) is 67.1 Å². The summed E-state index contributed by atoms with van der Waals surface area (Å²) in [4.78, 5) is 57.0. The van der Waals surface area contributed by atoms with Crippen molar-refractivity contribution in [3.63, 3.8) is 0 Å². The number of anilines is 5. The van der Waals surface area contributed by atoms with Crippen LogP contribution in [0.1, 0.15) is 39.8 Å². The Morgan fingerprint density at radius 1 is 0.906 bits per heavy atom. The zero-order valence-corrected chi connectivity index (χ0v) is 31.2. The number of aromatic nitrogens is 1. The fraction of sp³-hybridized carbons (Fsp3) is 0.273. The second-order valence-electron chi connectivity index (χ2n) is 11.0. The van der Waals surface area contributed by atoms with Crippen molar-refractivity contribution in [2.45, 2.75) is 20.3 Å². The lowest BCUT2D eigenvalue weighted by Gasteiger charge is -2.14. The molecule has 0 fully saturated rings. The Kier molecular flexibility index (Phi) is 15.3. The lowest BCUT2D eigenvalue weighted by molar-refractivity contribution is -0.380. The normalized spacial score (nSPS) is 10.8. The largest absolute Gasteiger partial charge is 0.383 e. The minimum absolute atomic E-state index is 0.0580. The third-order valence-electron chi connectivity index (χ3n) is 7.03. The molecule has 53 heavy (non-hydrogen) atoms. The number of halogens is 4. The first-order valence-electron chi connectivity index (χ1n) is 15.8. The number of nitrogens with zero attached hydrogens (tertiary/aromatic N) is 2. The number of carbonyl (C=O) groups excluding carboxylic acids is 3. The van der Waals surface area contributed by atoms with E-state index in [0.29, 0.717) is 48.5 Å². The van der Waals surface area contributed by atoms with Gasteiger partial charge in [0.1, 0.15) is 11.5 Å². The fourth-order valence-electron chi connectivity index (χ4n) is 4.59. The van der Waals surface area contributed by atoms with E-state index in [1.165, 1.54) is 32.0 Å². The third kappa shape index (κ3) is 12.1. The lowest BCUT2D eigenvalue weighted by Crippen LogP contribution is -2.27. The molecule has 15 nitrogen and oxygen atoms in total. The van der Waals surface area contributed by atoms with Crippen LogP contribution in [0.5, 0.6) is 0 Å². The maximum Gasteiger partial charge on any atom is 0.348 e. The van der Waals surface area contributed by atoms with E-state index < -0.39 is 45.8 Å². The van der Waals surface area contributed by atoms with Crippen LogP contribution in [0, 0.1) is 38.1 Å². The highest BCUT2D eigenvalue weighted by atomic mass is 127. The third-order valence-corrected chi connectivity index (χ3v) is 8.72. The van der Waals surface area contributed by atoms with Gasteiger partial charge < -0.3 is 26.0 Å². The van der Waals surface area contributed by atoms with Crippen LogP contribution in [-0.2, 0) is 14.4 Å². The molecule has 0 saturated carbocycles. The number of carbonyl (C=O) groups is 3. The lowest BCUT2D eigenvalue weighted by atomic mass is 10.1. The van der Waals surface area contributed by atoms with Gasteiger partial charge in [-0.15, -0.1) is 0 Å². The zero-order chi connectivity index (χ0) is 38.5. The van der Waals surface area contributed by atoms with Crippen molar-refractivity contribution in [1.29, 1.82) is 0 Å². The smallest absolute Gasteiger partial charge is 0.348 e. The molecule has 3 amide bonds. The van der Waals surface area contributed by atoms with E-state index in [-0.39, 0.29) is 44.9 Å². The number of nitro groups is 1. The van der Waals surface area contributed by atoms with E-state index in [2.05, 4.69) is 37.0 Å². The molecular formula is C33H34F3IN8O7S. The minimum atomic E-state index is -1.34. The number of nitrogens with one attached hydrogen (secondary N) is 6. The van der Waals surface area contributed by atoms with E-state index >= 15 is 0 Å². The number of amides is 3. The number of aryl methyl sites for hydroxylation is 1. The molecule has 1 aromatic heterocycles. The summed E-state index contributed by atoms with van der Waals surface area (Å²) in [5.41, 5.74) is 2.40. The predicted molar refractivity (Wildman–Crippen MR) is 201 cm³/mol. The highest BCUT2D eigenvalue weighted by Crippen LogP contribution is 2.31. The first kappa shape index (κ1) is 40.9. The molecule has 0 saturated heterocycles. The maximum atomic E-state index is 14.6. The van der Waals surface area contributed by atoms with Crippen molar-refractivity contribution in [3.05, 3.63) is 96.5 Å². The Balaban J connectivity index is 1.12. The van der Waals surface area contributed by atoms with Crippen LogP contribution in [0.4, 0.5) is 46.1 Å². The molecule has 282 valence electrons. The SMILES string of the molecule is CC(=O)Nc1cc(NCCOCCNCCCONC(=O)c2ccc(F)c(F)c2Nc2ccc(I)cc2F)ccc1C(=O)Nc1nc(C)c([N+](=O)[O-])s1. The predicted octanol–water partition coefficient (Wildman–Crippen LogP) is 6.11. The van der Waals surface area contributed by atoms with Gasteiger partial charge in [0.2, 0.25) is 5.91 Å². The summed E-state index contributed by atoms with van der Waals surface area (Å²) in [7, 11) is 0. The van der Waals surface area contributed by atoms with Crippen molar-refractivity contribution >= 4 is 84.5 Å². The molecule has 4 rings (SSSR count). The summed E-state index contributed by atoms with van der Waals surface area (Å²) in [6.45, 7) is 5.05. The van der Waals surface area contributed by atoms with Crippen molar-refractivity contribution in [3.8, 4) is 0 Å². The average Bonchev–Trinajstić information content (AvgIpc) is 3.47. The number of hydrogen-bond acceptors (Lipinski definition) is 12.